The largest absolute Gasteiger partial charge is 0.481 e. The van der Waals surface area contributed by atoms with Gasteiger partial charge in [0.2, 0.25) is 0 Å². The van der Waals surface area contributed by atoms with Crippen LogP contribution in [0.1, 0.15) is 47.9 Å². The van der Waals surface area contributed by atoms with Gasteiger partial charge in [-0.15, -0.1) is 0 Å². The highest BCUT2D eigenvalue weighted by Gasteiger charge is 2.33. The summed E-state index contributed by atoms with van der Waals surface area (Å²) in [5, 5.41) is 14.7. The van der Waals surface area contributed by atoms with Gasteiger partial charge in [0, 0.05) is 16.8 Å². The average molecular weight is 368 g/mol. The van der Waals surface area contributed by atoms with Crippen molar-refractivity contribution >= 4 is 23.5 Å². The normalized spacial score (nSPS) is 12.9. The van der Waals surface area contributed by atoms with E-state index in [9.17, 15) is 14.4 Å². The van der Waals surface area contributed by atoms with Crippen molar-refractivity contribution in [2.45, 2.75) is 32.7 Å². The third-order valence-corrected chi connectivity index (χ3v) is 4.63. The number of carboxylic acids is 1. The molecule has 142 valence electrons. The van der Waals surface area contributed by atoms with Crippen LogP contribution in [0.3, 0.4) is 0 Å². The zero-order chi connectivity index (χ0) is 20.0. The minimum Gasteiger partial charge on any atom is -0.481 e. The van der Waals surface area contributed by atoms with Gasteiger partial charge < -0.3 is 15.7 Å². The highest BCUT2D eigenvalue weighted by Crippen LogP contribution is 2.21. The number of hydrogen-bond acceptors (Lipinski definition) is 3. The molecule has 27 heavy (non-hydrogen) atoms. The molecule has 0 fully saturated rings. The van der Waals surface area contributed by atoms with Crippen molar-refractivity contribution in [3.8, 4) is 0 Å². The molecule has 0 bridgehead atoms. The van der Waals surface area contributed by atoms with E-state index >= 15 is 0 Å². The van der Waals surface area contributed by atoms with Gasteiger partial charge in [-0.3, -0.25) is 14.4 Å². The van der Waals surface area contributed by atoms with Gasteiger partial charge in [0.25, 0.3) is 11.8 Å². The maximum Gasteiger partial charge on any atom is 0.305 e. The number of carbonyl (C=O) groups is 3. The van der Waals surface area contributed by atoms with E-state index in [-0.39, 0.29) is 24.2 Å². The lowest BCUT2D eigenvalue weighted by atomic mass is 9.85. The van der Waals surface area contributed by atoms with Gasteiger partial charge in [0.1, 0.15) is 0 Å². The van der Waals surface area contributed by atoms with Crippen molar-refractivity contribution in [3.63, 3.8) is 0 Å². The summed E-state index contributed by atoms with van der Waals surface area (Å²) in [5.41, 5.74) is 0.605. The molecule has 2 aromatic carbocycles. The predicted octanol–water partition coefficient (Wildman–Crippen LogP) is 3.56. The number of para-hydroxylation sites is 1. The van der Waals surface area contributed by atoms with Gasteiger partial charge in [-0.25, -0.2) is 0 Å². The fraction of sp³-hybridized carbons (Fsp3) is 0.286. The molecule has 0 heterocycles. The van der Waals surface area contributed by atoms with Gasteiger partial charge >= 0.3 is 5.97 Å². The van der Waals surface area contributed by atoms with Crippen LogP contribution in [0, 0.1) is 5.92 Å². The lowest BCUT2D eigenvalue weighted by Crippen LogP contribution is -2.51. The Labute approximate surface area is 158 Å². The fourth-order valence-corrected chi connectivity index (χ4v) is 2.54. The van der Waals surface area contributed by atoms with Gasteiger partial charge in [0.15, 0.2) is 0 Å². The smallest absolute Gasteiger partial charge is 0.305 e. The van der Waals surface area contributed by atoms with E-state index in [1.54, 1.807) is 43.3 Å². The van der Waals surface area contributed by atoms with Crippen LogP contribution < -0.4 is 10.6 Å². The lowest BCUT2D eigenvalue weighted by Gasteiger charge is -2.33. The summed E-state index contributed by atoms with van der Waals surface area (Å²) >= 11 is 0. The standard InChI is InChI=1S/C21H24N2O4/c1-14(2)21(3,13-18(24)25)23-20(27)16-11-9-15(10-12-16)19(26)22-17-7-5-4-6-8-17/h4-12,14H,13H2,1-3H3,(H,22,26)(H,23,27)(H,24,25). The van der Waals surface area contributed by atoms with E-state index in [0.29, 0.717) is 16.8 Å². The quantitative estimate of drug-likeness (QED) is 0.696. The van der Waals surface area contributed by atoms with Crippen molar-refractivity contribution in [3.05, 3.63) is 65.7 Å². The Balaban J connectivity index is 2.08. The van der Waals surface area contributed by atoms with Crippen LogP contribution in [-0.4, -0.2) is 28.4 Å². The Morgan fingerprint density at radius 3 is 1.93 bits per heavy atom. The van der Waals surface area contributed by atoms with Crippen molar-refractivity contribution in [2.75, 3.05) is 5.32 Å². The average Bonchev–Trinajstić information content (AvgIpc) is 2.61. The van der Waals surface area contributed by atoms with Crippen molar-refractivity contribution in [1.82, 2.24) is 5.32 Å². The Hall–Kier alpha value is -3.15. The van der Waals surface area contributed by atoms with E-state index in [2.05, 4.69) is 10.6 Å². The number of nitrogens with one attached hydrogen (secondary N) is 2. The third kappa shape index (κ3) is 5.41. The molecular weight excluding hydrogens is 344 g/mol. The number of anilines is 1. The highest BCUT2D eigenvalue weighted by atomic mass is 16.4. The second-order valence-corrected chi connectivity index (χ2v) is 6.99. The zero-order valence-corrected chi connectivity index (χ0v) is 15.7. The maximum absolute atomic E-state index is 12.5. The van der Waals surface area contributed by atoms with Crippen LogP contribution in [0.5, 0.6) is 0 Å². The summed E-state index contributed by atoms with van der Waals surface area (Å²) in [4.78, 5) is 35.9. The number of carbonyl (C=O) groups excluding carboxylic acids is 2. The first kappa shape index (κ1) is 20.2. The molecule has 0 radical (unpaired) electrons. The van der Waals surface area contributed by atoms with Gasteiger partial charge in [-0.1, -0.05) is 32.0 Å². The van der Waals surface area contributed by atoms with Crippen LogP contribution in [-0.2, 0) is 4.79 Å². The van der Waals surface area contributed by atoms with Crippen molar-refractivity contribution < 1.29 is 19.5 Å². The number of aliphatic carboxylic acids is 1. The molecule has 0 spiro atoms. The number of benzene rings is 2. The summed E-state index contributed by atoms with van der Waals surface area (Å²) in [6.07, 6.45) is -0.173. The molecule has 0 aliphatic rings. The summed E-state index contributed by atoms with van der Waals surface area (Å²) in [6, 6.07) is 15.3. The molecule has 6 heteroatoms. The first-order chi connectivity index (χ1) is 12.7. The molecule has 0 aromatic heterocycles. The summed E-state index contributed by atoms with van der Waals surface area (Å²) in [5.74, 6) is -1.68. The minimum absolute atomic E-state index is 0.0616. The lowest BCUT2D eigenvalue weighted by molar-refractivity contribution is -0.138. The molecule has 0 aliphatic heterocycles. The molecule has 0 aliphatic carbocycles. The first-order valence-electron chi connectivity index (χ1n) is 8.72. The second kappa shape index (κ2) is 8.49. The Morgan fingerprint density at radius 1 is 0.926 bits per heavy atom. The van der Waals surface area contributed by atoms with E-state index in [4.69, 9.17) is 5.11 Å². The Morgan fingerprint density at radius 2 is 1.44 bits per heavy atom. The van der Waals surface area contributed by atoms with E-state index < -0.39 is 11.5 Å². The monoisotopic (exact) mass is 368 g/mol. The Bertz CT molecular complexity index is 816. The summed E-state index contributed by atoms with van der Waals surface area (Å²) in [7, 11) is 0. The molecule has 6 nitrogen and oxygen atoms in total. The molecule has 1 atom stereocenters. The zero-order valence-electron chi connectivity index (χ0n) is 15.7. The number of amides is 2. The van der Waals surface area contributed by atoms with E-state index in [1.165, 1.54) is 0 Å². The van der Waals surface area contributed by atoms with Gasteiger partial charge in [-0.05, 0) is 49.2 Å². The van der Waals surface area contributed by atoms with Crippen molar-refractivity contribution in [2.24, 2.45) is 5.92 Å². The topological polar surface area (TPSA) is 95.5 Å². The van der Waals surface area contributed by atoms with Crippen LogP contribution in [0.15, 0.2) is 54.6 Å². The first-order valence-corrected chi connectivity index (χ1v) is 8.72. The van der Waals surface area contributed by atoms with Crippen molar-refractivity contribution in [1.29, 1.82) is 0 Å². The second-order valence-electron chi connectivity index (χ2n) is 6.99. The van der Waals surface area contributed by atoms with E-state index in [0.717, 1.165) is 0 Å². The fourth-order valence-electron chi connectivity index (χ4n) is 2.54. The van der Waals surface area contributed by atoms with Gasteiger partial charge in [0.05, 0.1) is 12.0 Å². The number of carboxylic acid groups (broad SMARTS) is 1. The summed E-state index contributed by atoms with van der Waals surface area (Å²) < 4.78 is 0. The number of rotatable bonds is 7. The van der Waals surface area contributed by atoms with Crippen LogP contribution >= 0.6 is 0 Å². The Kier molecular flexibility index (Phi) is 6.34. The molecule has 3 N–H and O–H groups in total. The maximum atomic E-state index is 12.5. The number of hydrogen-bond donors (Lipinski definition) is 3. The summed E-state index contributed by atoms with van der Waals surface area (Å²) in [6.45, 7) is 5.44. The predicted molar refractivity (Wildman–Crippen MR) is 104 cm³/mol. The molecule has 0 saturated carbocycles. The molecule has 2 aromatic rings. The molecular formula is C21H24N2O4. The van der Waals surface area contributed by atoms with Crippen LogP contribution in [0.25, 0.3) is 0 Å². The molecule has 2 amide bonds. The van der Waals surface area contributed by atoms with Crippen LogP contribution in [0.2, 0.25) is 0 Å². The van der Waals surface area contributed by atoms with E-state index in [1.807, 2.05) is 32.0 Å². The third-order valence-electron chi connectivity index (χ3n) is 4.63. The minimum atomic E-state index is -0.973. The molecule has 0 saturated heterocycles. The SMILES string of the molecule is CC(C)C(C)(CC(=O)O)NC(=O)c1ccc(C(=O)Nc2ccccc2)cc1. The highest BCUT2D eigenvalue weighted by molar-refractivity contribution is 6.05. The molecule has 2 rings (SSSR count). The molecule has 1 unspecified atom stereocenters. The van der Waals surface area contributed by atoms with Gasteiger partial charge in [-0.2, -0.15) is 0 Å². The van der Waals surface area contributed by atoms with Crippen LogP contribution in [0.4, 0.5) is 5.69 Å².